The van der Waals surface area contributed by atoms with E-state index in [1.807, 2.05) is 24.3 Å². The Hall–Kier alpha value is -2.60. The number of Topliss-reactive ketones (excluding diaryl/α,β-unsaturated/α-hetero) is 1. The summed E-state index contributed by atoms with van der Waals surface area (Å²) in [4.78, 5) is 27.8. The number of hydrogen-bond acceptors (Lipinski definition) is 4. The maximum Gasteiger partial charge on any atom is 0.257 e. The number of hydrogen-bond donors (Lipinski definition) is 3. The van der Waals surface area contributed by atoms with Crippen LogP contribution in [0.15, 0.2) is 30.5 Å². The smallest absolute Gasteiger partial charge is 0.257 e. The molecule has 1 amide bonds. The zero-order chi connectivity index (χ0) is 19.3. The van der Waals surface area contributed by atoms with E-state index in [1.165, 1.54) is 12.8 Å². The largest absolute Gasteiger partial charge is 0.494 e. The molecular formula is C22H27N3O3. The Balaban J connectivity index is 1.25. The van der Waals surface area contributed by atoms with Gasteiger partial charge in [0, 0.05) is 24.0 Å². The minimum absolute atomic E-state index is 0.0445. The fraction of sp³-hybridized carbons (Fsp3) is 0.455. The lowest BCUT2D eigenvalue weighted by atomic mass is 9.93. The van der Waals surface area contributed by atoms with E-state index in [0.29, 0.717) is 29.8 Å². The number of ether oxygens (including phenoxy) is 1. The number of anilines is 1. The molecule has 3 N–H and O–H groups in total. The first kappa shape index (κ1) is 18.7. The van der Waals surface area contributed by atoms with Gasteiger partial charge in [-0.15, -0.1) is 0 Å². The maximum absolute atomic E-state index is 12.6. The van der Waals surface area contributed by atoms with E-state index in [0.717, 1.165) is 49.7 Å². The molecule has 0 spiro atoms. The van der Waals surface area contributed by atoms with E-state index in [1.54, 1.807) is 6.20 Å². The van der Waals surface area contributed by atoms with Gasteiger partial charge in [-0.1, -0.05) is 0 Å². The predicted molar refractivity (Wildman–Crippen MR) is 108 cm³/mol. The third-order valence-corrected chi connectivity index (χ3v) is 5.32. The molecule has 0 aliphatic heterocycles. The highest BCUT2D eigenvalue weighted by atomic mass is 16.5. The number of amides is 1. The molecule has 2 aliphatic carbocycles. The van der Waals surface area contributed by atoms with Crippen LogP contribution in [0.3, 0.4) is 0 Å². The number of aromatic amines is 1. The molecule has 2 aliphatic rings. The van der Waals surface area contributed by atoms with Crippen LogP contribution in [0.5, 0.6) is 5.75 Å². The lowest BCUT2D eigenvalue weighted by molar-refractivity contribution is 0.0956. The number of H-pyrrole nitrogens is 1. The van der Waals surface area contributed by atoms with Crippen molar-refractivity contribution in [3.63, 3.8) is 0 Å². The van der Waals surface area contributed by atoms with Crippen molar-refractivity contribution in [1.82, 2.24) is 10.3 Å². The number of aromatic nitrogens is 1. The summed E-state index contributed by atoms with van der Waals surface area (Å²) in [6.07, 6.45) is 7.51. The average molecular weight is 381 g/mol. The van der Waals surface area contributed by atoms with E-state index < -0.39 is 0 Å². The van der Waals surface area contributed by atoms with Gasteiger partial charge in [-0.25, -0.2) is 0 Å². The molecule has 6 heteroatoms. The highest BCUT2D eigenvalue weighted by molar-refractivity contribution is 6.13. The van der Waals surface area contributed by atoms with Gasteiger partial charge in [0.1, 0.15) is 5.75 Å². The Kier molecular flexibility index (Phi) is 5.76. The van der Waals surface area contributed by atoms with E-state index in [4.69, 9.17) is 4.74 Å². The maximum atomic E-state index is 12.6. The molecule has 6 nitrogen and oxygen atoms in total. The molecule has 1 aromatic carbocycles. The summed E-state index contributed by atoms with van der Waals surface area (Å²) >= 11 is 0. The minimum atomic E-state index is -0.261. The van der Waals surface area contributed by atoms with Crippen LogP contribution < -0.4 is 15.4 Å². The zero-order valence-corrected chi connectivity index (χ0v) is 16.1. The lowest BCUT2D eigenvalue weighted by Gasteiger charge is -2.12. The quantitative estimate of drug-likeness (QED) is 0.580. The van der Waals surface area contributed by atoms with E-state index in [-0.39, 0.29) is 11.7 Å². The summed E-state index contributed by atoms with van der Waals surface area (Å²) in [6, 6.07) is 7.34. The number of ketones is 1. The number of carbonyl (C=O) groups excluding carboxylic acids is 2. The highest BCUT2D eigenvalue weighted by Gasteiger charge is 2.25. The first-order chi connectivity index (χ1) is 13.7. The monoisotopic (exact) mass is 381 g/mol. The van der Waals surface area contributed by atoms with Crippen LogP contribution in [0.1, 0.15) is 58.5 Å². The van der Waals surface area contributed by atoms with E-state index in [9.17, 15) is 9.59 Å². The van der Waals surface area contributed by atoms with Crippen molar-refractivity contribution in [2.45, 2.75) is 38.5 Å². The van der Waals surface area contributed by atoms with Crippen LogP contribution in [0.25, 0.3) is 0 Å². The van der Waals surface area contributed by atoms with E-state index in [2.05, 4.69) is 15.6 Å². The molecule has 4 rings (SSSR count). The van der Waals surface area contributed by atoms with Crippen molar-refractivity contribution in [2.24, 2.45) is 5.92 Å². The first-order valence-electron chi connectivity index (χ1n) is 10.2. The fourth-order valence-electron chi connectivity index (χ4n) is 3.56. The van der Waals surface area contributed by atoms with Crippen LogP contribution in [0.2, 0.25) is 0 Å². The van der Waals surface area contributed by atoms with Crippen molar-refractivity contribution in [1.29, 1.82) is 0 Å². The fourth-order valence-corrected chi connectivity index (χ4v) is 3.56. The van der Waals surface area contributed by atoms with Crippen molar-refractivity contribution < 1.29 is 14.3 Å². The molecule has 148 valence electrons. The molecule has 1 heterocycles. The Morgan fingerprint density at radius 1 is 1.18 bits per heavy atom. The lowest BCUT2D eigenvalue weighted by Crippen LogP contribution is -2.19. The normalized spacial score (nSPS) is 15.9. The van der Waals surface area contributed by atoms with Gasteiger partial charge < -0.3 is 20.4 Å². The van der Waals surface area contributed by atoms with Gasteiger partial charge in [-0.2, -0.15) is 0 Å². The molecule has 0 radical (unpaired) electrons. The molecule has 0 unspecified atom stereocenters. The second-order valence-electron chi connectivity index (χ2n) is 7.66. The van der Waals surface area contributed by atoms with Gasteiger partial charge >= 0.3 is 0 Å². The molecule has 1 fully saturated rings. The second kappa shape index (κ2) is 8.61. The number of carbonyl (C=O) groups is 2. The van der Waals surface area contributed by atoms with Crippen LogP contribution in [-0.4, -0.2) is 36.4 Å². The summed E-state index contributed by atoms with van der Waals surface area (Å²) in [5, 5.41) is 6.31. The minimum Gasteiger partial charge on any atom is -0.494 e. The molecule has 0 bridgehead atoms. The number of fused-ring (bicyclic) bond motifs is 1. The molecule has 1 aromatic heterocycles. The number of nitrogens with one attached hydrogen (secondary N) is 3. The van der Waals surface area contributed by atoms with Crippen LogP contribution in [0.4, 0.5) is 5.69 Å². The van der Waals surface area contributed by atoms with Crippen LogP contribution in [0, 0.1) is 5.92 Å². The van der Waals surface area contributed by atoms with Gasteiger partial charge in [0.15, 0.2) is 5.78 Å². The molecule has 2 aromatic rings. The number of benzene rings is 1. The number of aryl methyl sites for hydroxylation is 1. The molecule has 0 saturated heterocycles. The Bertz CT molecular complexity index is 837. The summed E-state index contributed by atoms with van der Waals surface area (Å²) in [5.41, 5.74) is 2.54. The Labute approximate surface area is 165 Å². The van der Waals surface area contributed by atoms with Crippen molar-refractivity contribution >= 4 is 17.4 Å². The van der Waals surface area contributed by atoms with Gasteiger partial charge in [-0.3, -0.25) is 9.59 Å². The summed E-state index contributed by atoms with van der Waals surface area (Å²) in [7, 11) is 0. The van der Waals surface area contributed by atoms with Gasteiger partial charge in [0.05, 0.1) is 17.7 Å². The van der Waals surface area contributed by atoms with E-state index >= 15 is 0 Å². The second-order valence-corrected chi connectivity index (χ2v) is 7.66. The summed E-state index contributed by atoms with van der Waals surface area (Å²) < 4.78 is 5.75. The number of rotatable bonds is 9. The van der Waals surface area contributed by atoms with Crippen molar-refractivity contribution in [2.75, 3.05) is 25.0 Å². The predicted octanol–water partition coefficient (Wildman–Crippen LogP) is 3.55. The topological polar surface area (TPSA) is 83.2 Å². The van der Waals surface area contributed by atoms with Gasteiger partial charge in [0.25, 0.3) is 5.91 Å². The van der Waals surface area contributed by atoms with Gasteiger partial charge in [0.2, 0.25) is 0 Å². The third kappa shape index (κ3) is 4.62. The van der Waals surface area contributed by atoms with Crippen LogP contribution in [-0.2, 0) is 6.42 Å². The average Bonchev–Trinajstić information content (AvgIpc) is 3.42. The highest BCUT2D eigenvalue weighted by Crippen LogP contribution is 2.27. The molecular weight excluding hydrogens is 354 g/mol. The zero-order valence-electron chi connectivity index (χ0n) is 16.1. The Morgan fingerprint density at radius 3 is 2.79 bits per heavy atom. The molecule has 28 heavy (non-hydrogen) atoms. The standard InChI is InChI=1S/C22H27N3O3/c26-20-4-1-3-19-21(20)18(14-24-19)22(27)25-16-7-9-17(10-8-16)28-12-2-11-23-13-15-5-6-15/h7-10,14-15,23-24H,1-6,11-13H2,(H,25,27). The molecule has 1 saturated carbocycles. The first-order valence-corrected chi connectivity index (χ1v) is 10.2. The third-order valence-electron chi connectivity index (χ3n) is 5.32. The Morgan fingerprint density at radius 2 is 2.00 bits per heavy atom. The SMILES string of the molecule is O=C(Nc1ccc(OCCCNCC2CC2)cc1)c1c[nH]c2c1C(=O)CCC2. The summed E-state index contributed by atoms with van der Waals surface area (Å²) in [6.45, 7) is 2.77. The van der Waals surface area contributed by atoms with Crippen molar-refractivity contribution in [3.05, 3.63) is 47.3 Å². The van der Waals surface area contributed by atoms with Crippen molar-refractivity contribution in [3.8, 4) is 5.75 Å². The van der Waals surface area contributed by atoms with Crippen LogP contribution >= 0.6 is 0 Å². The molecule has 0 atom stereocenters. The van der Waals surface area contributed by atoms with Gasteiger partial charge in [-0.05, 0) is 75.4 Å². The summed E-state index contributed by atoms with van der Waals surface area (Å²) in [5.74, 6) is 1.47.